The molecule has 5 rings (SSSR count). The van der Waals surface area contributed by atoms with Gasteiger partial charge >= 0.3 is 6.03 Å². The third kappa shape index (κ3) is 9.25. The van der Waals surface area contributed by atoms with Gasteiger partial charge < -0.3 is 35.1 Å². The second-order valence-electron chi connectivity index (χ2n) is 16.1. The van der Waals surface area contributed by atoms with Gasteiger partial charge in [-0.25, -0.2) is 18.2 Å². The molecule has 2 saturated carbocycles. The van der Waals surface area contributed by atoms with Crippen molar-refractivity contribution in [3.63, 3.8) is 0 Å². The Hall–Kier alpha value is -4.44. The quantitative estimate of drug-likeness (QED) is 0.185. The third-order valence-electron chi connectivity index (χ3n) is 10.2. The van der Waals surface area contributed by atoms with Gasteiger partial charge in [-0.2, -0.15) is 0 Å². The molecule has 15 nitrogen and oxygen atoms in total. The Balaban J connectivity index is 1.43. The number of urea groups is 1. The zero-order valence-electron chi connectivity index (χ0n) is 32.1. The van der Waals surface area contributed by atoms with Crippen molar-refractivity contribution in [3.8, 4) is 11.6 Å². The number of hydrogen-bond acceptors (Lipinski definition) is 10. The average molecular weight is 771 g/mol. The number of ether oxygens (including phenoxy) is 3. The highest BCUT2D eigenvalue weighted by Gasteiger charge is 2.62. The lowest BCUT2D eigenvalue weighted by molar-refractivity contribution is -0.142. The van der Waals surface area contributed by atoms with Crippen molar-refractivity contribution in [2.45, 2.75) is 102 Å². The van der Waals surface area contributed by atoms with Crippen LogP contribution in [0.25, 0.3) is 10.8 Å². The molecule has 54 heavy (non-hydrogen) atoms. The van der Waals surface area contributed by atoms with E-state index in [-0.39, 0.29) is 38.0 Å². The Labute approximate surface area is 317 Å². The second kappa shape index (κ2) is 16.1. The molecule has 3 fully saturated rings. The van der Waals surface area contributed by atoms with E-state index < -0.39 is 74.1 Å². The molecule has 4 N–H and O–H groups in total. The number of fused-ring (bicyclic) bond motifs is 1. The van der Waals surface area contributed by atoms with Crippen molar-refractivity contribution in [1.29, 1.82) is 0 Å². The summed E-state index contributed by atoms with van der Waals surface area (Å²) >= 11 is 0. The van der Waals surface area contributed by atoms with E-state index in [1.165, 1.54) is 11.0 Å². The first-order valence-electron chi connectivity index (χ1n) is 18.4. The normalized spacial score (nSPS) is 23.6. The van der Waals surface area contributed by atoms with Crippen LogP contribution in [0.4, 0.5) is 4.79 Å². The number of likely N-dealkylation sites (tertiary alicyclic amines) is 1. The molecule has 2 heterocycles. The molecule has 1 aromatic carbocycles. The number of carbonyl (C=O) groups is 4. The summed E-state index contributed by atoms with van der Waals surface area (Å²) in [6.07, 6.45) is 4.11. The lowest BCUT2D eigenvalue weighted by atomic mass is 9.85. The van der Waals surface area contributed by atoms with Gasteiger partial charge in [-0.1, -0.05) is 40.7 Å². The minimum atomic E-state index is -3.90. The number of methoxy groups -OCH3 is 2. The van der Waals surface area contributed by atoms with Crippen molar-refractivity contribution < 1.29 is 41.8 Å². The molecule has 1 saturated heterocycles. The van der Waals surface area contributed by atoms with Gasteiger partial charge in [0.2, 0.25) is 27.7 Å². The smallest absolute Gasteiger partial charge is 0.315 e. The number of carbonyl (C=O) groups excluding carboxylic acids is 4. The Kier molecular flexibility index (Phi) is 12.2. The zero-order chi connectivity index (χ0) is 39.6. The van der Waals surface area contributed by atoms with Crippen molar-refractivity contribution in [2.75, 3.05) is 27.4 Å². The lowest BCUT2D eigenvalue weighted by Gasteiger charge is -2.36. The van der Waals surface area contributed by atoms with E-state index in [0.29, 0.717) is 36.3 Å². The first-order valence-corrected chi connectivity index (χ1v) is 19.9. The van der Waals surface area contributed by atoms with Crippen LogP contribution in [0.15, 0.2) is 43.1 Å². The van der Waals surface area contributed by atoms with E-state index in [0.717, 1.165) is 5.39 Å². The van der Waals surface area contributed by atoms with E-state index in [9.17, 15) is 27.6 Å². The van der Waals surface area contributed by atoms with Crippen molar-refractivity contribution >= 4 is 44.5 Å². The van der Waals surface area contributed by atoms with Gasteiger partial charge in [0, 0.05) is 31.0 Å². The van der Waals surface area contributed by atoms with Crippen LogP contribution in [0.3, 0.4) is 0 Å². The van der Waals surface area contributed by atoms with Crippen LogP contribution in [0.2, 0.25) is 0 Å². The molecule has 0 unspecified atom stereocenters. The van der Waals surface area contributed by atoms with Crippen LogP contribution in [0.1, 0.15) is 66.7 Å². The van der Waals surface area contributed by atoms with Gasteiger partial charge in [-0.3, -0.25) is 19.1 Å². The van der Waals surface area contributed by atoms with E-state index in [1.807, 2.05) is 52.8 Å². The molecule has 5 amide bonds. The number of benzene rings is 1. The fraction of sp³-hybridized carbons (Fsp3) is 0.605. The molecule has 0 spiro atoms. The molecular weight excluding hydrogens is 717 g/mol. The van der Waals surface area contributed by atoms with E-state index >= 15 is 0 Å². The topological polar surface area (TPSA) is 194 Å². The minimum absolute atomic E-state index is 0.0238. The Morgan fingerprint density at radius 2 is 1.83 bits per heavy atom. The number of hydrogen-bond donors (Lipinski definition) is 4. The molecule has 0 bridgehead atoms. The fourth-order valence-electron chi connectivity index (χ4n) is 7.01. The molecule has 1 aliphatic heterocycles. The molecular formula is C38H54N6O9S. The highest BCUT2D eigenvalue weighted by Crippen LogP contribution is 2.45. The SMILES string of the molecule is C=C[C@@H]1C[C@]1(NC(=O)[C@@H]1C[C@@H](Oc2nccc3cc(OC)ccc23)CN1C(=O)[C@@H](NC(=O)N[C@H](COC)CC(C)C)C(C)(C)C)C(=O)NS(=O)(=O)C1CC1. The third-order valence-corrected chi connectivity index (χ3v) is 12.0. The predicted molar refractivity (Wildman–Crippen MR) is 202 cm³/mol. The number of nitrogens with one attached hydrogen (secondary N) is 4. The molecule has 16 heteroatoms. The van der Waals surface area contributed by atoms with Crippen LogP contribution in [-0.4, -0.2) is 104 Å². The number of sulfonamides is 1. The summed E-state index contributed by atoms with van der Waals surface area (Å²) in [6, 6.07) is 4.15. The van der Waals surface area contributed by atoms with Gasteiger partial charge in [-0.05, 0) is 66.7 Å². The van der Waals surface area contributed by atoms with Crippen molar-refractivity contribution in [2.24, 2.45) is 17.3 Å². The molecule has 2 aromatic rings. The van der Waals surface area contributed by atoms with Crippen molar-refractivity contribution in [3.05, 3.63) is 43.1 Å². The maximum Gasteiger partial charge on any atom is 0.315 e. The Bertz CT molecular complexity index is 1860. The number of pyridine rings is 1. The number of amides is 5. The lowest BCUT2D eigenvalue weighted by Crippen LogP contribution is -2.61. The average Bonchev–Trinajstić information content (AvgIpc) is 4.03. The van der Waals surface area contributed by atoms with Crippen LogP contribution < -0.4 is 30.1 Å². The maximum absolute atomic E-state index is 14.6. The number of nitrogens with zero attached hydrogens (tertiary/aromatic N) is 2. The number of rotatable bonds is 16. The van der Waals surface area contributed by atoms with Gasteiger partial charge in [0.25, 0.3) is 5.91 Å². The molecule has 1 aromatic heterocycles. The summed E-state index contributed by atoms with van der Waals surface area (Å²) in [5.74, 6) is -1.34. The molecule has 2 aliphatic carbocycles. The van der Waals surface area contributed by atoms with E-state index in [4.69, 9.17) is 14.2 Å². The molecule has 296 valence electrons. The van der Waals surface area contributed by atoms with Gasteiger partial charge in [0.15, 0.2) is 0 Å². The van der Waals surface area contributed by atoms with Crippen LogP contribution in [-0.2, 0) is 29.1 Å². The first kappa shape index (κ1) is 40.7. The zero-order valence-corrected chi connectivity index (χ0v) is 33.0. The van der Waals surface area contributed by atoms with Gasteiger partial charge in [-0.15, -0.1) is 6.58 Å². The summed E-state index contributed by atoms with van der Waals surface area (Å²) in [4.78, 5) is 61.7. The monoisotopic (exact) mass is 770 g/mol. The maximum atomic E-state index is 14.6. The van der Waals surface area contributed by atoms with Crippen molar-refractivity contribution in [1.82, 2.24) is 30.6 Å². The van der Waals surface area contributed by atoms with E-state index in [2.05, 4.69) is 32.2 Å². The number of aromatic nitrogens is 1. The Morgan fingerprint density at radius 3 is 2.43 bits per heavy atom. The largest absolute Gasteiger partial charge is 0.497 e. The second-order valence-corrected chi connectivity index (χ2v) is 18.0. The summed E-state index contributed by atoms with van der Waals surface area (Å²) in [7, 11) is -0.783. The fourth-order valence-corrected chi connectivity index (χ4v) is 8.38. The Morgan fingerprint density at radius 1 is 1.11 bits per heavy atom. The standard InChI is InChI=1S/C38H54N6O9S/c1-9-24-19-38(24,35(47)43-54(49,50)28-11-12-28)42-32(45)30-18-27(53-33-29-13-10-26(52-8)17-23(29)14-15-39-33)20-44(30)34(46)31(37(4,5)6)41-36(48)40-25(21-51-7)16-22(2)3/h9-10,13-15,17,22,24-25,27-28,30-31H,1,11-12,16,18-21H2,2-8H3,(H,42,45)(H,43,47)(H2,40,41,48)/t24-,25+,27-,30+,31-,38-/m1/s1. The van der Waals surface area contributed by atoms with Crippen LogP contribution in [0, 0.1) is 17.3 Å². The predicted octanol–water partition coefficient (Wildman–Crippen LogP) is 3.04. The highest BCUT2D eigenvalue weighted by molar-refractivity contribution is 7.91. The van der Waals surface area contributed by atoms with Crippen LogP contribution >= 0.6 is 0 Å². The summed E-state index contributed by atoms with van der Waals surface area (Å²) in [5, 5.41) is 9.44. The summed E-state index contributed by atoms with van der Waals surface area (Å²) < 4.78 is 44.7. The van der Waals surface area contributed by atoms with Crippen LogP contribution in [0.5, 0.6) is 11.6 Å². The van der Waals surface area contributed by atoms with E-state index in [1.54, 1.807) is 26.5 Å². The first-order chi connectivity index (χ1) is 25.4. The summed E-state index contributed by atoms with van der Waals surface area (Å²) in [6.45, 7) is 13.5. The highest BCUT2D eigenvalue weighted by atomic mass is 32.2. The minimum Gasteiger partial charge on any atom is -0.497 e. The van der Waals surface area contributed by atoms with Gasteiger partial charge in [0.1, 0.15) is 29.5 Å². The van der Waals surface area contributed by atoms with Gasteiger partial charge in [0.05, 0.1) is 31.6 Å². The molecule has 0 radical (unpaired) electrons. The molecule has 6 atom stereocenters. The summed E-state index contributed by atoms with van der Waals surface area (Å²) in [5.41, 5.74) is -2.36. The molecule has 3 aliphatic rings.